The first-order chi connectivity index (χ1) is 9.42. The topological polar surface area (TPSA) is 24.9 Å². The summed E-state index contributed by atoms with van der Waals surface area (Å²) in [5.41, 5.74) is 3.16. The van der Waals surface area contributed by atoms with Crippen molar-refractivity contribution in [3.05, 3.63) is 63.9 Å². The van der Waals surface area contributed by atoms with Gasteiger partial charge in [-0.1, -0.05) is 30.3 Å². The van der Waals surface area contributed by atoms with Gasteiger partial charge in [-0.2, -0.15) is 0 Å². The number of benzene rings is 1. The molecule has 0 aliphatic rings. The van der Waals surface area contributed by atoms with Crippen LogP contribution in [0.15, 0.2) is 54.2 Å². The van der Waals surface area contributed by atoms with E-state index in [9.17, 15) is 0 Å². The molecule has 0 spiro atoms. The van der Waals surface area contributed by atoms with Crippen molar-refractivity contribution in [2.24, 2.45) is 0 Å². The molecular formula is C15H14N2S2. The summed E-state index contributed by atoms with van der Waals surface area (Å²) in [5, 5.41) is 3.45. The van der Waals surface area contributed by atoms with Gasteiger partial charge in [0.05, 0.1) is 5.51 Å². The molecule has 96 valence electrons. The molecule has 0 saturated heterocycles. The number of nitrogens with zero attached hydrogens (tertiary/aromatic N) is 1. The van der Waals surface area contributed by atoms with E-state index in [4.69, 9.17) is 0 Å². The number of aromatic nitrogens is 1. The monoisotopic (exact) mass is 286 g/mol. The summed E-state index contributed by atoms with van der Waals surface area (Å²) >= 11 is 3.54. The Labute approximate surface area is 120 Å². The SMILES string of the molecule is c1ccc(-c2ccc(CNCc3cncs3)s2)cc1. The summed E-state index contributed by atoms with van der Waals surface area (Å²) in [4.78, 5) is 8.04. The average molecular weight is 286 g/mol. The molecule has 2 heterocycles. The van der Waals surface area contributed by atoms with E-state index < -0.39 is 0 Å². The lowest BCUT2D eigenvalue weighted by Gasteiger charge is -2.00. The quantitative estimate of drug-likeness (QED) is 0.761. The Morgan fingerprint density at radius 2 is 1.79 bits per heavy atom. The van der Waals surface area contributed by atoms with Gasteiger partial charge in [-0.3, -0.25) is 4.98 Å². The molecule has 2 nitrogen and oxygen atoms in total. The highest BCUT2D eigenvalue weighted by molar-refractivity contribution is 7.15. The van der Waals surface area contributed by atoms with Gasteiger partial charge in [-0.15, -0.1) is 22.7 Å². The smallest absolute Gasteiger partial charge is 0.0794 e. The maximum absolute atomic E-state index is 4.07. The lowest BCUT2D eigenvalue weighted by atomic mass is 10.2. The van der Waals surface area contributed by atoms with Gasteiger partial charge in [0.15, 0.2) is 0 Å². The maximum Gasteiger partial charge on any atom is 0.0794 e. The van der Waals surface area contributed by atoms with E-state index >= 15 is 0 Å². The van der Waals surface area contributed by atoms with E-state index in [2.05, 4.69) is 52.8 Å². The van der Waals surface area contributed by atoms with Crippen LogP contribution < -0.4 is 5.32 Å². The highest BCUT2D eigenvalue weighted by Gasteiger charge is 2.02. The molecule has 0 aliphatic heterocycles. The summed E-state index contributed by atoms with van der Waals surface area (Å²) in [6.07, 6.45) is 1.92. The van der Waals surface area contributed by atoms with Crippen LogP contribution in [0.1, 0.15) is 9.75 Å². The van der Waals surface area contributed by atoms with Crippen LogP contribution >= 0.6 is 22.7 Å². The van der Waals surface area contributed by atoms with Crippen LogP contribution in [0.3, 0.4) is 0 Å². The van der Waals surface area contributed by atoms with Gasteiger partial charge in [-0.05, 0) is 17.7 Å². The van der Waals surface area contributed by atoms with Crippen LogP contribution in [0.5, 0.6) is 0 Å². The average Bonchev–Trinajstić information content (AvgIpc) is 3.11. The molecule has 0 fully saturated rings. The van der Waals surface area contributed by atoms with Crippen molar-refractivity contribution in [3.63, 3.8) is 0 Å². The second kappa shape index (κ2) is 6.10. The minimum Gasteiger partial charge on any atom is -0.307 e. The van der Waals surface area contributed by atoms with Gasteiger partial charge in [0.25, 0.3) is 0 Å². The zero-order chi connectivity index (χ0) is 12.9. The van der Waals surface area contributed by atoms with Crippen molar-refractivity contribution >= 4 is 22.7 Å². The zero-order valence-corrected chi connectivity index (χ0v) is 12.0. The molecule has 0 bridgehead atoms. The second-order valence-corrected chi connectivity index (χ2v) is 6.34. The molecule has 0 radical (unpaired) electrons. The molecule has 0 saturated carbocycles. The van der Waals surface area contributed by atoms with Crippen molar-refractivity contribution in [2.75, 3.05) is 0 Å². The first kappa shape index (κ1) is 12.5. The maximum atomic E-state index is 4.07. The van der Waals surface area contributed by atoms with Gasteiger partial charge < -0.3 is 5.32 Å². The molecular weight excluding hydrogens is 272 g/mol. The highest BCUT2D eigenvalue weighted by Crippen LogP contribution is 2.27. The summed E-state index contributed by atoms with van der Waals surface area (Å²) < 4.78 is 0. The fraction of sp³-hybridized carbons (Fsp3) is 0.133. The normalized spacial score (nSPS) is 10.7. The molecule has 0 unspecified atom stereocenters. The van der Waals surface area contributed by atoms with Gasteiger partial charge >= 0.3 is 0 Å². The van der Waals surface area contributed by atoms with Crippen LogP contribution in [-0.2, 0) is 13.1 Å². The molecule has 19 heavy (non-hydrogen) atoms. The number of rotatable bonds is 5. The molecule has 2 aromatic heterocycles. The first-order valence-corrected chi connectivity index (χ1v) is 7.83. The van der Waals surface area contributed by atoms with E-state index in [1.54, 1.807) is 11.3 Å². The van der Waals surface area contributed by atoms with Crippen LogP contribution in [-0.4, -0.2) is 4.98 Å². The second-order valence-electron chi connectivity index (χ2n) is 4.20. The van der Waals surface area contributed by atoms with Gasteiger partial charge in [0, 0.05) is 33.9 Å². The number of hydrogen-bond acceptors (Lipinski definition) is 4. The van der Waals surface area contributed by atoms with Crippen molar-refractivity contribution in [3.8, 4) is 10.4 Å². The van der Waals surface area contributed by atoms with E-state index in [0.29, 0.717) is 0 Å². The van der Waals surface area contributed by atoms with Gasteiger partial charge in [0.2, 0.25) is 0 Å². The summed E-state index contributed by atoms with van der Waals surface area (Å²) in [7, 11) is 0. The third-order valence-electron chi connectivity index (χ3n) is 2.80. The minimum atomic E-state index is 0.892. The molecule has 1 aromatic carbocycles. The van der Waals surface area contributed by atoms with Gasteiger partial charge in [-0.25, -0.2) is 0 Å². The predicted molar refractivity (Wildman–Crippen MR) is 82.4 cm³/mol. The zero-order valence-electron chi connectivity index (χ0n) is 10.4. The predicted octanol–water partition coefficient (Wildman–Crippen LogP) is 4.16. The van der Waals surface area contributed by atoms with Gasteiger partial charge in [0.1, 0.15) is 0 Å². The standard InChI is InChI=1S/C15H14N2S2/c1-2-4-12(5-3-1)15-7-6-13(19-15)8-16-9-14-10-17-11-18-14/h1-7,10-11,16H,8-9H2. The lowest BCUT2D eigenvalue weighted by molar-refractivity contribution is 0.708. The molecule has 3 rings (SSSR count). The van der Waals surface area contributed by atoms with Crippen molar-refractivity contribution < 1.29 is 0 Å². The molecule has 1 N–H and O–H groups in total. The van der Waals surface area contributed by atoms with Crippen molar-refractivity contribution in [1.82, 2.24) is 10.3 Å². The van der Waals surface area contributed by atoms with Crippen LogP contribution in [0.2, 0.25) is 0 Å². The fourth-order valence-electron chi connectivity index (χ4n) is 1.87. The third-order valence-corrected chi connectivity index (χ3v) is 4.72. The first-order valence-electron chi connectivity index (χ1n) is 6.14. The largest absolute Gasteiger partial charge is 0.307 e. The Balaban J connectivity index is 1.59. The number of hydrogen-bond donors (Lipinski definition) is 1. The molecule has 0 aliphatic carbocycles. The van der Waals surface area contributed by atoms with E-state index in [-0.39, 0.29) is 0 Å². The van der Waals surface area contributed by atoms with E-state index in [1.807, 2.05) is 23.0 Å². The summed E-state index contributed by atoms with van der Waals surface area (Å²) in [5.74, 6) is 0. The Bertz CT molecular complexity index is 615. The van der Waals surface area contributed by atoms with Crippen LogP contribution in [0, 0.1) is 0 Å². The Kier molecular flexibility index (Phi) is 4.03. The lowest BCUT2D eigenvalue weighted by Crippen LogP contribution is -2.10. The molecule has 4 heteroatoms. The van der Waals surface area contributed by atoms with Crippen molar-refractivity contribution in [1.29, 1.82) is 0 Å². The van der Waals surface area contributed by atoms with Crippen LogP contribution in [0.4, 0.5) is 0 Å². The van der Waals surface area contributed by atoms with Crippen molar-refractivity contribution in [2.45, 2.75) is 13.1 Å². The number of nitrogens with one attached hydrogen (secondary N) is 1. The molecule has 0 amide bonds. The fourth-order valence-corrected chi connectivity index (χ4v) is 3.42. The van der Waals surface area contributed by atoms with Crippen LogP contribution in [0.25, 0.3) is 10.4 Å². The van der Waals surface area contributed by atoms with E-state index in [1.165, 1.54) is 20.2 Å². The van der Waals surface area contributed by atoms with E-state index in [0.717, 1.165) is 13.1 Å². The summed E-state index contributed by atoms with van der Waals surface area (Å²) in [6, 6.07) is 14.9. The Hall–Kier alpha value is -1.49. The number of thiazole rings is 1. The Morgan fingerprint density at radius 3 is 2.58 bits per heavy atom. The number of thiophene rings is 1. The highest BCUT2D eigenvalue weighted by atomic mass is 32.1. The Morgan fingerprint density at radius 1 is 0.947 bits per heavy atom. The molecule has 3 aromatic rings. The summed E-state index contributed by atoms with van der Waals surface area (Å²) in [6.45, 7) is 1.80. The minimum absolute atomic E-state index is 0.892. The third kappa shape index (κ3) is 3.29. The molecule has 0 atom stereocenters.